The van der Waals surface area contributed by atoms with Crippen LogP contribution in [0.15, 0.2) is 41.4 Å². The van der Waals surface area contributed by atoms with Gasteiger partial charge in [0.25, 0.3) is 0 Å². The van der Waals surface area contributed by atoms with E-state index in [9.17, 15) is 0 Å². The average molecular weight is 311 g/mol. The molecule has 4 heterocycles. The zero-order chi connectivity index (χ0) is 14.9. The van der Waals surface area contributed by atoms with Gasteiger partial charge in [-0.2, -0.15) is 21.0 Å². The van der Waals surface area contributed by atoms with Crippen LogP contribution >= 0.6 is 11.3 Å². The van der Waals surface area contributed by atoms with Crippen molar-refractivity contribution >= 4 is 28.5 Å². The first kappa shape index (κ1) is 13.0. The molecule has 0 saturated heterocycles. The molecule has 4 aromatic rings. The molecular weight excluding hydrogens is 298 g/mol. The number of fused-ring (bicyclic) bond motifs is 1. The van der Waals surface area contributed by atoms with E-state index >= 15 is 0 Å². The second kappa shape index (κ2) is 5.23. The predicted molar refractivity (Wildman–Crippen MR) is 85.3 cm³/mol. The number of aryl methyl sites for hydroxylation is 1. The van der Waals surface area contributed by atoms with Crippen LogP contribution in [-0.4, -0.2) is 29.6 Å². The Bertz CT molecular complexity index is 906. The van der Waals surface area contributed by atoms with Gasteiger partial charge >= 0.3 is 0 Å². The Kier molecular flexibility index (Phi) is 3.08. The van der Waals surface area contributed by atoms with E-state index in [1.165, 1.54) is 0 Å². The first-order valence-corrected chi connectivity index (χ1v) is 7.82. The van der Waals surface area contributed by atoms with Crippen LogP contribution < -0.4 is 5.32 Å². The van der Waals surface area contributed by atoms with Crippen molar-refractivity contribution in [1.82, 2.24) is 29.6 Å². The summed E-state index contributed by atoms with van der Waals surface area (Å²) in [5.41, 5.74) is 2.64. The van der Waals surface area contributed by atoms with E-state index in [0.29, 0.717) is 0 Å². The number of thiophene rings is 1. The van der Waals surface area contributed by atoms with Crippen LogP contribution in [0.25, 0.3) is 17.0 Å². The molecule has 0 radical (unpaired) electrons. The number of nitrogens with one attached hydrogen (secondary N) is 1. The molecule has 110 valence electrons. The highest BCUT2D eigenvalue weighted by Gasteiger charge is 2.10. The third-order valence-electron chi connectivity index (χ3n) is 3.27. The van der Waals surface area contributed by atoms with E-state index in [1.807, 2.05) is 46.8 Å². The number of aromatic nitrogens is 6. The van der Waals surface area contributed by atoms with Crippen LogP contribution in [0, 0.1) is 0 Å². The molecule has 4 rings (SSSR count). The molecule has 0 aromatic carbocycles. The van der Waals surface area contributed by atoms with Crippen LogP contribution in [0.3, 0.4) is 0 Å². The fourth-order valence-corrected chi connectivity index (χ4v) is 2.81. The summed E-state index contributed by atoms with van der Waals surface area (Å²) in [6.07, 6.45) is 3.72. The van der Waals surface area contributed by atoms with Crippen molar-refractivity contribution in [1.29, 1.82) is 0 Å². The molecule has 0 fully saturated rings. The lowest BCUT2D eigenvalue weighted by molar-refractivity contribution is 0.660. The van der Waals surface area contributed by atoms with Crippen LogP contribution in [0.1, 0.15) is 6.92 Å². The maximum absolute atomic E-state index is 4.57. The standard InChI is InChI=1S/C14H13N7S/c1-2-20-8-11(7-15-20)16-12-3-4-13-17-18-14(21(13)19-12)10-5-6-22-9-10/h3-9H,2H2,1H3,(H,16,19). The zero-order valence-corrected chi connectivity index (χ0v) is 12.7. The summed E-state index contributed by atoms with van der Waals surface area (Å²) in [6.45, 7) is 2.88. The van der Waals surface area contributed by atoms with Crippen molar-refractivity contribution in [2.75, 3.05) is 5.32 Å². The van der Waals surface area contributed by atoms with Gasteiger partial charge in [0.1, 0.15) is 0 Å². The molecule has 0 unspecified atom stereocenters. The summed E-state index contributed by atoms with van der Waals surface area (Å²) < 4.78 is 3.60. The van der Waals surface area contributed by atoms with Gasteiger partial charge in [0.15, 0.2) is 17.3 Å². The number of anilines is 2. The smallest absolute Gasteiger partial charge is 0.186 e. The molecule has 0 atom stereocenters. The largest absolute Gasteiger partial charge is 0.336 e. The minimum Gasteiger partial charge on any atom is -0.336 e. The van der Waals surface area contributed by atoms with Crippen molar-refractivity contribution < 1.29 is 0 Å². The van der Waals surface area contributed by atoms with Gasteiger partial charge in [0.05, 0.1) is 11.9 Å². The van der Waals surface area contributed by atoms with Crippen molar-refractivity contribution in [3.8, 4) is 11.4 Å². The quantitative estimate of drug-likeness (QED) is 0.627. The Hall–Kier alpha value is -2.74. The lowest BCUT2D eigenvalue weighted by atomic mass is 10.3. The third kappa shape index (κ3) is 2.23. The van der Waals surface area contributed by atoms with Crippen LogP contribution in [-0.2, 0) is 6.54 Å². The van der Waals surface area contributed by atoms with Gasteiger partial charge in [-0.05, 0) is 30.5 Å². The van der Waals surface area contributed by atoms with Crippen LogP contribution in [0.2, 0.25) is 0 Å². The third-order valence-corrected chi connectivity index (χ3v) is 3.96. The Morgan fingerprint density at radius 1 is 1.23 bits per heavy atom. The highest BCUT2D eigenvalue weighted by molar-refractivity contribution is 7.08. The van der Waals surface area contributed by atoms with E-state index in [1.54, 1.807) is 22.0 Å². The molecule has 0 spiro atoms. The fraction of sp³-hybridized carbons (Fsp3) is 0.143. The number of hydrogen-bond donors (Lipinski definition) is 1. The van der Waals surface area contributed by atoms with Gasteiger partial charge < -0.3 is 5.32 Å². The minimum atomic E-state index is 0.719. The minimum absolute atomic E-state index is 0.719. The summed E-state index contributed by atoms with van der Waals surface area (Å²) in [5.74, 6) is 1.46. The molecule has 8 heteroatoms. The van der Waals surface area contributed by atoms with Gasteiger partial charge in [0.2, 0.25) is 0 Å². The predicted octanol–water partition coefficient (Wildman–Crippen LogP) is 2.81. The van der Waals surface area contributed by atoms with Gasteiger partial charge in [-0.15, -0.1) is 15.3 Å². The maximum atomic E-state index is 4.57. The van der Waals surface area contributed by atoms with Crippen LogP contribution in [0.5, 0.6) is 0 Å². The van der Waals surface area contributed by atoms with Crippen molar-refractivity contribution in [2.45, 2.75) is 13.5 Å². The molecule has 0 amide bonds. The summed E-state index contributed by atoms with van der Waals surface area (Å²) in [4.78, 5) is 0. The van der Waals surface area contributed by atoms with E-state index in [-0.39, 0.29) is 0 Å². The first-order valence-electron chi connectivity index (χ1n) is 6.88. The SMILES string of the molecule is CCn1cc(Nc2ccc3nnc(-c4ccsc4)n3n2)cn1. The molecule has 0 aliphatic rings. The Morgan fingerprint density at radius 3 is 2.95 bits per heavy atom. The van der Waals surface area contributed by atoms with E-state index < -0.39 is 0 Å². The maximum Gasteiger partial charge on any atom is 0.186 e. The lowest BCUT2D eigenvalue weighted by Gasteiger charge is -2.03. The Balaban J connectivity index is 1.71. The average Bonchev–Trinajstić information content (AvgIpc) is 3.27. The molecule has 0 bridgehead atoms. The molecule has 22 heavy (non-hydrogen) atoms. The Labute approximate surface area is 130 Å². The van der Waals surface area contributed by atoms with Crippen molar-refractivity contribution in [3.63, 3.8) is 0 Å². The van der Waals surface area contributed by atoms with E-state index in [0.717, 1.165) is 35.1 Å². The summed E-state index contributed by atoms with van der Waals surface area (Å²) in [5, 5.41) is 24.5. The monoisotopic (exact) mass is 311 g/mol. The molecule has 0 aliphatic carbocycles. The highest BCUT2D eigenvalue weighted by Crippen LogP contribution is 2.21. The Morgan fingerprint density at radius 2 is 2.18 bits per heavy atom. The second-order valence-corrected chi connectivity index (χ2v) is 5.51. The molecular formula is C14H13N7S. The highest BCUT2D eigenvalue weighted by atomic mass is 32.1. The second-order valence-electron chi connectivity index (χ2n) is 4.73. The fourth-order valence-electron chi connectivity index (χ4n) is 2.18. The van der Waals surface area contributed by atoms with Gasteiger partial charge in [-0.3, -0.25) is 4.68 Å². The zero-order valence-electron chi connectivity index (χ0n) is 11.8. The van der Waals surface area contributed by atoms with Crippen molar-refractivity contribution in [3.05, 3.63) is 41.4 Å². The normalized spacial score (nSPS) is 11.1. The molecule has 0 saturated carbocycles. The number of hydrogen-bond acceptors (Lipinski definition) is 6. The number of nitrogens with zero attached hydrogens (tertiary/aromatic N) is 6. The first-order chi connectivity index (χ1) is 10.8. The van der Waals surface area contributed by atoms with Gasteiger partial charge in [-0.25, -0.2) is 0 Å². The number of rotatable bonds is 4. The summed E-state index contributed by atoms with van der Waals surface area (Å²) in [6, 6.07) is 5.78. The molecule has 7 nitrogen and oxygen atoms in total. The lowest BCUT2D eigenvalue weighted by Crippen LogP contribution is -2.00. The summed E-state index contributed by atoms with van der Waals surface area (Å²) >= 11 is 1.62. The van der Waals surface area contributed by atoms with E-state index in [4.69, 9.17) is 0 Å². The topological polar surface area (TPSA) is 72.9 Å². The van der Waals surface area contributed by atoms with Gasteiger partial charge in [0, 0.05) is 23.7 Å². The molecule has 0 aliphatic heterocycles. The van der Waals surface area contributed by atoms with Crippen LogP contribution in [0.4, 0.5) is 11.5 Å². The molecule has 4 aromatic heterocycles. The van der Waals surface area contributed by atoms with Gasteiger partial charge in [-0.1, -0.05) is 0 Å². The van der Waals surface area contributed by atoms with E-state index in [2.05, 4.69) is 25.7 Å². The summed E-state index contributed by atoms with van der Waals surface area (Å²) in [7, 11) is 0. The van der Waals surface area contributed by atoms with Crippen molar-refractivity contribution in [2.24, 2.45) is 0 Å². The molecule has 1 N–H and O–H groups in total.